The van der Waals surface area contributed by atoms with Crippen molar-refractivity contribution in [3.8, 4) is 5.75 Å². The van der Waals surface area contributed by atoms with Crippen molar-refractivity contribution in [1.29, 1.82) is 0 Å². The standard InChI is InChI=1S/C18H19ClN2O2/c1-23-17-9-5-3-7-14(17)18(22)21-11-10-20-12-16(21)13-6-2-4-8-15(13)19/h2-9,16,20H,10-12H2,1H3. The summed E-state index contributed by atoms with van der Waals surface area (Å²) in [5, 5.41) is 4.02. The van der Waals surface area contributed by atoms with E-state index in [2.05, 4.69) is 5.32 Å². The van der Waals surface area contributed by atoms with Crippen LogP contribution in [0.2, 0.25) is 5.02 Å². The van der Waals surface area contributed by atoms with E-state index in [-0.39, 0.29) is 11.9 Å². The van der Waals surface area contributed by atoms with E-state index in [1.165, 1.54) is 0 Å². The molecule has 1 saturated heterocycles. The van der Waals surface area contributed by atoms with Crippen molar-refractivity contribution in [2.45, 2.75) is 6.04 Å². The van der Waals surface area contributed by atoms with Gasteiger partial charge in [-0.3, -0.25) is 4.79 Å². The fraction of sp³-hybridized carbons (Fsp3) is 0.278. The average Bonchev–Trinajstić information content (AvgIpc) is 2.61. The molecule has 1 unspecified atom stereocenters. The summed E-state index contributed by atoms with van der Waals surface area (Å²) in [5.74, 6) is 0.558. The molecule has 5 heteroatoms. The molecule has 4 nitrogen and oxygen atoms in total. The van der Waals surface area contributed by atoms with Gasteiger partial charge < -0.3 is 15.0 Å². The quantitative estimate of drug-likeness (QED) is 0.940. The molecular weight excluding hydrogens is 312 g/mol. The molecule has 0 bridgehead atoms. The molecule has 0 saturated carbocycles. The SMILES string of the molecule is COc1ccccc1C(=O)N1CCNCC1c1ccccc1Cl. The second kappa shape index (κ2) is 7.02. The second-order valence-electron chi connectivity index (χ2n) is 5.44. The number of carbonyl (C=O) groups is 1. The number of rotatable bonds is 3. The maximum atomic E-state index is 13.0. The van der Waals surface area contributed by atoms with Gasteiger partial charge in [-0.05, 0) is 23.8 Å². The molecule has 1 aliphatic rings. The first-order chi connectivity index (χ1) is 11.2. The summed E-state index contributed by atoms with van der Waals surface area (Å²) < 4.78 is 5.33. The van der Waals surface area contributed by atoms with Crippen molar-refractivity contribution in [2.75, 3.05) is 26.7 Å². The van der Waals surface area contributed by atoms with Crippen LogP contribution in [0.15, 0.2) is 48.5 Å². The van der Waals surface area contributed by atoms with Gasteiger partial charge in [0, 0.05) is 24.7 Å². The van der Waals surface area contributed by atoms with Gasteiger partial charge in [-0.25, -0.2) is 0 Å². The van der Waals surface area contributed by atoms with E-state index < -0.39 is 0 Å². The molecule has 0 radical (unpaired) electrons. The van der Waals surface area contributed by atoms with E-state index in [1.54, 1.807) is 19.2 Å². The van der Waals surface area contributed by atoms with Crippen molar-refractivity contribution in [1.82, 2.24) is 10.2 Å². The summed E-state index contributed by atoms with van der Waals surface area (Å²) >= 11 is 6.34. The molecule has 1 N–H and O–H groups in total. The number of hydrogen-bond acceptors (Lipinski definition) is 3. The average molecular weight is 331 g/mol. The van der Waals surface area contributed by atoms with Crippen LogP contribution in [-0.4, -0.2) is 37.6 Å². The first kappa shape index (κ1) is 15.8. The largest absolute Gasteiger partial charge is 0.496 e. The number of para-hydroxylation sites is 1. The van der Waals surface area contributed by atoms with Gasteiger partial charge in [-0.2, -0.15) is 0 Å². The number of benzene rings is 2. The number of nitrogens with zero attached hydrogens (tertiary/aromatic N) is 1. The molecule has 1 aliphatic heterocycles. The number of nitrogens with one attached hydrogen (secondary N) is 1. The molecule has 0 aromatic heterocycles. The highest BCUT2D eigenvalue weighted by molar-refractivity contribution is 6.31. The minimum Gasteiger partial charge on any atom is -0.496 e. The van der Waals surface area contributed by atoms with Crippen molar-refractivity contribution in [3.63, 3.8) is 0 Å². The van der Waals surface area contributed by atoms with Gasteiger partial charge in [0.15, 0.2) is 0 Å². The lowest BCUT2D eigenvalue weighted by Crippen LogP contribution is -2.48. The maximum absolute atomic E-state index is 13.0. The molecule has 0 aliphatic carbocycles. The Kier molecular flexibility index (Phi) is 4.84. The fourth-order valence-corrected chi connectivity index (χ4v) is 3.21. The van der Waals surface area contributed by atoms with E-state index in [9.17, 15) is 4.79 Å². The zero-order valence-electron chi connectivity index (χ0n) is 13.0. The van der Waals surface area contributed by atoms with Crippen LogP contribution >= 0.6 is 11.6 Å². The lowest BCUT2D eigenvalue weighted by molar-refractivity contribution is 0.0631. The Morgan fingerprint density at radius 3 is 2.74 bits per heavy atom. The van der Waals surface area contributed by atoms with Crippen LogP contribution in [0.3, 0.4) is 0 Å². The summed E-state index contributed by atoms with van der Waals surface area (Å²) in [4.78, 5) is 14.9. The lowest BCUT2D eigenvalue weighted by Gasteiger charge is -2.37. The Balaban J connectivity index is 1.95. The van der Waals surface area contributed by atoms with E-state index in [0.29, 0.717) is 29.4 Å². The van der Waals surface area contributed by atoms with Crippen molar-refractivity contribution in [2.24, 2.45) is 0 Å². The van der Waals surface area contributed by atoms with E-state index >= 15 is 0 Å². The van der Waals surface area contributed by atoms with Crippen LogP contribution in [0, 0.1) is 0 Å². The predicted octanol–water partition coefficient (Wildman–Crippen LogP) is 3.14. The number of ether oxygens (including phenoxy) is 1. The minimum atomic E-state index is -0.0881. The zero-order chi connectivity index (χ0) is 16.2. The number of methoxy groups -OCH3 is 1. The van der Waals surface area contributed by atoms with Gasteiger partial charge >= 0.3 is 0 Å². The Labute approximate surface area is 141 Å². The van der Waals surface area contributed by atoms with Gasteiger partial charge in [0.25, 0.3) is 5.91 Å². The summed E-state index contributed by atoms with van der Waals surface area (Å²) in [6, 6.07) is 14.9. The van der Waals surface area contributed by atoms with Gasteiger partial charge in [-0.15, -0.1) is 0 Å². The zero-order valence-corrected chi connectivity index (χ0v) is 13.7. The van der Waals surface area contributed by atoms with Gasteiger partial charge in [-0.1, -0.05) is 41.9 Å². The molecular formula is C18H19ClN2O2. The van der Waals surface area contributed by atoms with Crippen LogP contribution in [-0.2, 0) is 0 Å². The summed E-state index contributed by atoms with van der Waals surface area (Å²) in [6.07, 6.45) is 0. The van der Waals surface area contributed by atoms with Crippen molar-refractivity contribution in [3.05, 3.63) is 64.7 Å². The van der Waals surface area contributed by atoms with Gasteiger partial charge in [0.2, 0.25) is 0 Å². The Bertz CT molecular complexity index is 705. The number of amides is 1. The fourth-order valence-electron chi connectivity index (χ4n) is 2.95. The molecule has 1 amide bonds. The number of hydrogen-bond donors (Lipinski definition) is 1. The monoisotopic (exact) mass is 330 g/mol. The van der Waals surface area contributed by atoms with E-state index in [1.807, 2.05) is 41.3 Å². The van der Waals surface area contributed by atoms with Crippen molar-refractivity contribution < 1.29 is 9.53 Å². The maximum Gasteiger partial charge on any atom is 0.258 e. The topological polar surface area (TPSA) is 41.6 Å². The highest BCUT2D eigenvalue weighted by Crippen LogP contribution is 2.31. The Hall–Kier alpha value is -2.04. The third-order valence-electron chi connectivity index (χ3n) is 4.11. The molecule has 1 atom stereocenters. The number of carbonyl (C=O) groups excluding carboxylic acids is 1. The second-order valence-corrected chi connectivity index (χ2v) is 5.85. The number of piperazine rings is 1. The van der Waals surface area contributed by atoms with Gasteiger partial charge in [0.1, 0.15) is 5.75 Å². The predicted molar refractivity (Wildman–Crippen MR) is 91.1 cm³/mol. The van der Waals surface area contributed by atoms with Crippen LogP contribution in [0.4, 0.5) is 0 Å². The van der Waals surface area contributed by atoms with E-state index in [0.717, 1.165) is 12.1 Å². The summed E-state index contributed by atoms with van der Waals surface area (Å²) in [5.41, 5.74) is 1.54. The third kappa shape index (κ3) is 3.19. The summed E-state index contributed by atoms with van der Waals surface area (Å²) in [6.45, 7) is 2.08. The Morgan fingerprint density at radius 2 is 1.96 bits per heavy atom. The molecule has 0 spiro atoms. The number of halogens is 1. The van der Waals surface area contributed by atoms with E-state index in [4.69, 9.17) is 16.3 Å². The Morgan fingerprint density at radius 1 is 1.22 bits per heavy atom. The highest BCUT2D eigenvalue weighted by Gasteiger charge is 2.30. The van der Waals surface area contributed by atoms with Crippen LogP contribution in [0.5, 0.6) is 5.75 Å². The molecule has 23 heavy (non-hydrogen) atoms. The highest BCUT2D eigenvalue weighted by atomic mass is 35.5. The first-order valence-corrected chi connectivity index (χ1v) is 7.99. The van der Waals surface area contributed by atoms with Crippen LogP contribution < -0.4 is 10.1 Å². The lowest BCUT2D eigenvalue weighted by atomic mass is 10.0. The molecule has 1 heterocycles. The van der Waals surface area contributed by atoms with Crippen LogP contribution in [0.1, 0.15) is 22.0 Å². The van der Waals surface area contributed by atoms with Gasteiger partial charge in [0.05, 0.1) is 18.7 Å². The molecule has 1 fully saturated rings. The van der Waals surface area contributed by atoms with Crippen molar-refractivity contribution >= 4 is 17.5 Å². The minimum absolute atomic E-state index is 0.0335. The molecule has 2 aromatic rings. The molecule has 120 valence electrons. The summed E-state index contributed by atoms with van der Waals surface area (Å²) in [7, 11) is 1.58. The van der Waals surface area contributed by atoms with Crippen LogP contribution in [0.25, 0.3) is 0 Å². The normalized spacial score (nSPS) is 17.8. The molecule has 3 rings (SSSR count). The molecule has 2 aromatic carbocycles. The third-order valence-corrected chi connectivity index (χ3v) is 4.45. The smallest absolute Gasteiger partial charge is 0.258 e. The first-order valence-electron chi connectivity index (χ1n) is 7.61.